The lowest BCUT2D eigenvalue weighted by Crippen LogP contribution is -2.45. The van der Waals surface area contributed by atoms with E-state index in [1.165, 1.54) is 193 Å². The van der Waals surface area contributed by atoms with Crippen LogP contribution in [0.3, 0.4) is 0 Å². The van der Waals surface area contributed by atoms with E-state index >= 15 is 0 Å². The molecule has 0 saturated carbocycles. The third-order valence-corrected chi connectivity index (χ3v) is 17.3. The van der Waals surface area contributed by atoms with Crippen LogP contribution in [0, 0.1) is 0 Å². The highest BCUT2D eigenvalue weighted by atomic mass is 31.2. The maximum Gasteiger partial charge on any atom is 0.268 e. The van der Waals surface area contributed by atoms with Crippen molar-refractivity contribution >= 4 is 13.7 Å². The Hall–Kier alpha value is -3.36. The van der Waals surface area contributed by atoms with E-state index in [0.29, 0.717) is 17.4 Å². The molecule has 0 aromatic heterocycles. The molecule has 518 valence electrons. The second-order valence-electron chi connectivity index (χ2n) is 26.3. The molecule has 0 aromatic rings. The maximum atomic E-state index is 13.1. The molecule has 0 aliphatic carbocycles. The first-order valence-corrected chi connectivity index (χ1v) is 39.0. The number of rotatable bonds is 68. The van der Waals surface area contributed by atoms with Crippen LogP contribution in [0.1, 0.15) is 322 Å². The van der Waals surface area contributed by atoms with Crippen molar-refractivity contribution in [3.63, 3.8) is 0 Å². The van der Waals surface area contributed by atoms with Crippen molar-refractivity contribution < 1.29 is 32.9 Å². The zero-order valence-corrected chi connectivity index (χ0v) is 60.2. The largest absolute Gasteiger partial charge is 0.756 e. The molecule has 1 amide bonds. The SMILES string of the molecule is CC/C=C\C/C=C\C/C=C\C/C=C\C/C=C\C/C=C\C/C=C\C/C=C\C/C=C\C/C=C\CCCCCCCCCCCCC(=O)NC(COP(=O)([O-])OCC[N+](C)(C)C)C(O)/C=C/CCCCCCCCCCCCCCCCCCCCCCCCCCC. The zero-order valence-electron chi connectivity index (χ0n) is 59.3. The molecule has 90 heavy (non-hydrogen) atoms. The Kier molecular flexibility index (Phi) is 67.4. The molecule has 0 fully saturated rings. The van der Waals surface area contributed by atoms with Crippen molar-refractivity contribution in [3.05, 3.63) is 134 Å². The van der Waals surface area contributed by atoms with Gasteiger partial charge >= 0.3 is 0 Å². The topological polar surface area (TPSA) is 108 Å². The number of likely N-dealkylation sites (N-methyl/N-ethyl adjacent to an activating group) is 1. The van der Waals surface area contributed by atoms with Crippen LogP contribution in [-0.4, -0.2) is 68.5 Å². The van der Waals surface area contributed by atoms with Crippen molar-refractivity contribution in [1.29, 1.82) is 0 Å². The van der Waals surface area contributed by atoms with Gasteiger partial charge in [-0.2, -0.15) is 0 Å². The summed E-state index contributed by atoms with van der Waals surface area (Å²) in [7, 11) is 1.25. The number of carbonyl (C=O) groups is 1. The van der Waals surface area contributed by atoms with Crippen LogP contribution < -0.4 is 10.2 Å². The summed E-state index contributed by atoms with van der Waals surface area (Å²) in [5.74, 6) is -0.203. The first kappa shape index (κ1) is 86.6. The summed E-state index contributed by atoms with van der Waals surface area (Å²) in [4.78, 5) is 25.7. The third-order valence-electron chi connectivity index (χ3n) is 16.4. The second-order valence-corrected chi connectivity index (χ2v) is 27.7. The summed E-state index contributed by atoms with van der Waals surface area (Å²) in [6.45, 7) is 4.56. The van der Waals surface area contributed by atoms with Crippen molar-refractivity contribution in [1.82, 2.24) is 5.32 Å². The number of aliphatic hydroxyl groups excluding tert-OH is 1. The lowest BCUT2D eigenvalue weighted by Gasteiger charge is -2.29. The molecule has 0 radical (unpaired) electrons. The first-order chi connectivity index (χ1) is 44.0. The Balaban J connectivity index is 4.09. The maximum absolute atomic E-state index is 13.1. The molecular formula is C81H143N2O6P. The minimum Gasteiger partial charge on any atom is -0.756 e. The van der Waals surface area contributed by atoms with E-state index in [1.807, 2.05) is 27.2 Å². The van der Waals surface area contributed by atoms with Crippen LogP contribution >= 0.6 is 7.82 Å². The van der Waals surface area contributed by atoms with E-state index in [1.54, 1.807) is 6.08 Å². The fourth-order valence-corrected chi connectivity index (χ4v) is 11.3. The van der Waals surface area contributed by atoms with Gasteiger partial charge < -0.3 is 28.8 Å². The van der Waals surface area contributed by atoms with Crippen LogP contribution in [0.2, 0.25) is 0 Å². The van der Waals surface area contributed by atoms with E-state index in [-0.39, 0.29) is 19.1 Å². The smallest absolute Gasteiger partial charge is 0.268 e. The van der Waals surface area contributed by atoms with Crippen LogP contribution in [0.5, 0.6) is 0 Å². The molecule has 0 bridgehead atoms. The van der Waals surface area contributed by atoms with Gasteiger partial charge in [0, 0.05) is 6.42 Å². The third kappa shape index (κ3) is 72.1. The number of hydrogen-bond donors (Lipinski definition) is 2. The van der Waals surface area contributed by atoms with E-state index in [4.69, 9.17) is 9.05 Å². The van der Waals surface area contributed by atoms with Crippen LogP contribution in [-0.2, 0) is 18.4 Å². The molecule has 0 spiro atoms. The molecule has 0 aliphatic rings. The van der Waals surface area contributed by atoms with Crippen molar-refractivity contribution in [2.24, 2.45) is 0 Å². The number of carbonyl (C=O) groups excluding carboxylic acids is 1. The number of quaternary nitrogens is 1. The molecule has 0 saturated heterocycles. The van der Waals surface area contributed by atoms with Gasteiger partial charge in [0.25, 0.3) is 7.82 Å². The molecule has 3 atom stereocenters. The lowest BCUT2D eigenvalue weighted by atomic mass is 10.0. The molecule has 3 unspecified atom stereocenters. The standard InChI is InChI=1S/C81H143N2O6P/c1-6-8-10-12-14-16-18-20-22-24-26-28-30-32-34-35-36-37-38-39-40-41-42-43-44-45-46-47-49-51-53-55-57-59-61-63-65-67-69-71-73-75-81(85)82-79(78-89-90(86,87)88-77-76-83(3,4)5)80(84)74-72-70-68-66-64-62-60-58-56-54-52-50-48-33-31-29-27-25-23-21-19-17-15-13-11-9-7-2/h8,10,14,16,20,22,26,28,32,34,36-37,39-40,42-43,45-46,49,51,72,74,79-80,84H,6-7,9,11-13,15,17-19,21,23-25,27,29-31,33,35,38,41,44,47-48,50,52-71,73,75-78H2,1-5H3,(H-,82,85,86,87)/b10-8-,16-14-,22-20-,28-26-,34-32-,37-36-,40-39-,43-42-,46-45-,51-49-,74-72+. The van der Waals surface area contributed by atoms with Gasteiger partial charge in [-0.15, -0.1) is 0 Å². The number of aliphatic hydroxyl groups is 1. The molecule has 0 rings (SSSR count). The predicted molar refractivity (Wildman–Crippen MR) is 394 cm³/mol. The number of phosphoric acid groups is 1. The van der Waals surface area contributed by atoms with Crippen molar-refractivity contribution in [3.8, 4) is 0 Å². The van der Waals surface area contributed by atoms with Gasteiger partial charge in [0.2, 0.25) is 5.91 Å². The van der Waals surface area contributed by atoms with Gasteiger partial charge in [0.05, 0.1) is 39.9 Å². The Morgan fingerprint density at radius 1 is 0.400 bits per heavy atom. The number of hydrogen-bond acceptors (Lipinski definition) is 6. The molecule has 0 aromatic carbocycles. The normalized spacial score (nSPS) is 14.3. The first-order valence-electron chi connectivity index (χ1n) is 37.5. The van der Waals surface area contributed by atoms with E-state index in [0.717, 1.165) is 109 Å². The highest BCUT2D eigenvalue weighted by Gasteiger charge is 2.23. The fraction of sp³-hybridized carbons (Fsp3) is 0.716. The van der Waals surface area contributed by atoms with E-state index in [2.05, 4.69) is 141 Å². The summed E-state index contributed by atoms with van der Waals surface area (Å²) < 4.78 is 23.5. The second kappa shape index (κ2) is 70.0. The Morgan fingerprint density at radius 3 is 0.989 bits per heavy atom. The van der Waals surface area contributed by atoms with Crippen LogP contribution in [0.15, 0.2) is 134 Å². The van der Waals surface area contributed by atoms with Crippen molar-refractivity contribution in [2.75, 3.05) is 40.9 Å². The molecule has 0 heterocycles. The molecule has 0 aliphatic heterocycles. The summed E-state index contributed by atoms with van der Waals surface area (Å²) in [5, 5.41) is 14.0. The number of nitrogens with one attached hydrogen (secondary N) is 1. The highest BCUT2D eigenvalue weighted by Crippen LogP contribution is 2.38. The summed E-state index contributed by atoms with van der Waals surface area (Å²) in [5.41, 5.74) is 0. The van der Waals surface area contributed by atoms with Gasteiger partial charge in [-0.05, 0) is 96.3 Å². The minimum atomic E-state index is -4.62. The Labute approximate surface area is 557 Å². The summed E-state index contributed by atoms with van der Waals surface area (Å²) >= 11 is 0. The van der Waals surface area contributed by atoms with E-state index in [9.17, 15) is 19.4 Å². The Morgan fingerprint density at radius 2 is 0.678 bits per heavy atom. The van der Waals surface area contributed by atoms with Crippen LogP contribution in [0.4, 0.5) is 0 Å². The average molecular weight is 1270 g/mol. The lowest BCUT2D eigenvalue weighted by molar-refractivity contribution is -0.870. The minimum absolute atomic E-state index is 0.00683. The zero-order chi connectivity index (χ0) is 65.5. The number of phosphoric ester groups is 1. The molecule has 9 heteroatoms. The van der Waals surface area contributed by atoms with Gasteiger partial charge in [0.1, 0.15) is 13.2 Å². The Bertz CT molecular complexity index is 1930. The predicted octanol–water partition coefficient (Wildman–Crippen LogP) is 23.9. The van der Waals surface area contributed by atoms with Gasteiger partial charge in [-0.3, -0.25) is 9.36 Å². The number of unbranched alkanes of at least 4 members (excludes halogenated alkanes) is 35. The number of amides is 1. The number of allylic oxidation sites excluding steroid dienone is 21. The fourth-order valence-electron chi connectivity index (χ4n) is 10.6. The van der Waals surface area contributed by atoms with Gasteiger partial charge in [-0.25, -0.2) is 0 Å². The van der Waals surface area contributed by atoms with Gasteiger partial charge in [0.15, 0.2) is 0 Å². The quantitative estimate of drug-likeness (QED) is 0.0272. The molecule has 8 nitrogen and oxygen atoms in total. The molecular weight excluding hydrogens is 1130 g/mol. The van der Waals surface area contributed by atoms with Crippen LogP contribution in [0.25, 0.3) is 0 Å². The highest BCUT2D eigenvalue weighted by molar-refractivity contribution is 7.45. The summed E-state index contributed by atoms with van der Waals surface area (Å²) in [6.07, 6.45) is 106. The number of nitrogens with zero attached hydrogens (tertiary/aromatic N) is 1. The monoisotopic (exact) mass is 1270 g/mol. The van der Waals surface area contributed by atoms with E-state index < -0.39 is 20.0 Å². The average Bonchev–Trinajstić information content (AvgIpc) is 3.09. The summed E-state index contributed by atoms with van der Waals surface area (Å²) in [6, 6.07) is -0.899. The van der Waals surface area contributed by atoms with Crippen molar-refractivity contribution in [2.45, 2.75) is 334 Å². The molecule has 2 N–H and O–H groups in total. The van der Waals surface area contributed by atoms with Gasteiger partial charge in [-0.1, -0.05) is 353 Å².